The number of anilines is 2. The van der Waals surface area contributed by atoms with Crippen molar-refractivity contribution in [2.75, 3.05) is 36.9 Å². The molecule has 0 amide bonds. The third kappa shape index (κ3) is 3.13. The van der Waals surface area contributed by atoms with Crippen LogP contribution in [0.15, 0.2) is 29.1 Å². The number of nitrogen functional groups attached to an aromatic ring is 1. The van der Waals surface area contributed by atoms with Gasteiger partial charge in [0.15, 0.2) is 5.58 Å². The van der Waals surface area contributed by atoms with E-state index in [4.69, 9.17) is 14.9 Å². The Morgan fingerprint density at radius 3 is 2.50 bits per heavy atom. The van der Waals surface area contributed by atoms with Gasteiger partial charge in [-0.25, -0.2) is 19.9 Å². The molecule has 0 aromatic carbocycles. The number of nitrogens with two attached hydrogens (primary N) is 1. The van der Waals surface area contributed by atoms with E-state index in [1.165, 1.54) is 0 Å². The summed E-state index contributed by atoms with van der Waals surface area (Å²) in [5.41, 5.74) is 8.32. The predicted octanol–water partition coefficient (Wildman–Crippen LogP) is 2.12. The molecule has 4 rings (SSSR count). The van der Waals surface area contributed by atoms with Crippen LogP contribution >= 0.6 is 0 Å². The highest BCUT2D eigenvalue weighted by Gasteiger charge is 2.19. The van der Waals surface area contributed by atoms with Crippen molar-refractivity contribution >= 4 is 23.0 Å². The molecular weight excluding hydrogens is 308 g/mol. The molecule has 0 aliphatic carbocycles. The number of morpholine rings is 1. The first kappa shape index (κ1) is 16.1. The van der Waals surface area contributed by atoms with Crippen LogP contribution in [0.4, 0.5) is 11.9 Å². The molecule has 1 fully saturated rings. The molecule has 24 heavy (non-hydrogen) atoms. The lowest BCUT2D eigenvalue weighted by molar-refractivity contribution is 0.122. The van der Waals surface area contributed by atoms with Crippen molar-refractivity contribution in [3.05, 3.63) is 24.7 Å². The summed E-state index contributed by atoms with van der Waals surface area (Å²) in [6.45, 7) is 6.88. The minimum Gasteiger partial charge on any atom is -0.460 e. The fourth-order valence-electron chi connectivity index (χ4n) is 2.41. The second kappa shape index (κ2) is 7.22. The molecule has 8 nitrogen and oxygen atoms in total. The van der Waals surface area contributed by atoms with Gasteiger partial charge in [-0.2, -0.15) is 0 Å². The van der Waals surface area contributed by atoms with E-state index in [1.807, 2.05) is 19.9 Å². The second-order valence-electron chi connectivity index (χ2n) is 4.94. The molecule has 0 saturated carbocycles. The van der Waals surface area contributed by atoms with Crippen LogP contribution in [-0.4, -0.2) is 46.2 Å². The topological polar surface area (TPSA) is 103 Å². The van der Waals surface area contributed by atoms with Crippen molar-refractivity contribution in [2.24, 2.45) is 0 Å². The van der Waals surface area contributed by atoms with Crippen molar-refractivity contribution in [1.29, 1.82) is 0 Å². The van der Waals surface area contributed by atoms with E-state index >= 15 is 0 Å². The lowest BCUT2D eigenvalue weighted by atomic mass is 10.2. The van der Waals surface area contributed by atoms with Gasteiger partial charge in [0.05, 0.1) is 19.5 Å². The van der Waals surface area contributed by atoms with E-state index in [0.717, 1.165) is 24.2 Å². The molecule has 2 N–H and O–H groups in total. The minimum absolute atomic E-state index is 0.224. The molecule has 0 radical (unpaired) electrons. The average molecular weight is 328 g/mol. The summed E-state index contributed by atoms with van der Waals surface area (Å²) in [6.07, 6.45) is 4.87. The number of ether oxygens (including phenoxy) is 1. The van der Waals surface area contributed by atoms with Crippen molar-refractivity contribution in [2.45, 2.75) is 13.8 Å². The zero-order chi connectivity index (χ0) is 16.9. The Hall–Kier alpha value is -2.74. The van der Waals surface area contributed by atoms with Crippen LogP contribution in [0.2, 0.25) is 0 Å². The normalized spacial score (nSPS) is 14.3. The molecule has 0 bridgehead atoms. The van der Waals surface area contributed by atoms with Gasteiger partial charge in [-0.1, -0.05) is 13.8 Å². The molecular formula is C16H20N6O2. The van der Waals surface area contributed by atoms with Gasteiger partial charge in [-0.3, -0.25) is 0 Å². The van der Waals surface area contributed by atoms with Gasteiger partial charge in [0.2, 0.25) is 11.9 Å². The lowest BCUT2D eigenvalue weighted by Crippen LogP contribution is -2.37. The summed E-state index contributed by atoms with van der Waals surface area (Å²) in [4.78, 5) is 19.3. The molecule has 8 heteroatoms. The fourth-order valence-corrected chi connectivity index (χ4v) is 2.41. The Morgan fingerprint density at radius 2 is 1.79 bits per heavy atom. The molecule has 4 heterocycles. The van der Waals surface area contributed by atoms with Crippen LogP contribution in [0.5, 0.6) is 0 Å². The van der Waals surface area contributed by atoms with Crippen LogP contribution in [-0.2, 0) is 4.74 Å². The molecule has 1 aliphatic rings. The minimum atomic E-state index is 0.224. The first-order valence-electron chi connectivity index (χ1n) is 7.97. The Bertz CT molecular complexity index is 796. The van der Waals surface area contributed by atoms with E-state index in [-0.39, 0.29) is 5.95 Å². The Morgan fingerprint density at radius 1 is 1.08 bits per heavy atom. The van der Waals surface area contributed by atoms with Crippen molar-refractivity contribution in [3.8, 4) is 11.3 Å². The SMILES string of the molecule is CC.Nc1ncc(-c2nc(N3CCOCC3)nc3ccoc23)cn1. The second-order valence-corrected chi connectivity index (χ2v) is 4.94. The van der Waals surface area contributed by atoms with Gasteiger partial charge in [-0.05, 0) is 0 Å². The number of nitrogens with zero attached hydrogens (tertiary/aromatic N) is 5. The van der Waals surface area contributed by atoms with E-state index < -0.39 is 0 Å². The van der Waals surface area contributed by atoms with E-state index in [9.17, 15) is 0 Å². The highest BCUT2D eigenvalue weighted by Crippen LogP contribution is 2.28. The van der Waals surface area contributed by atoms with Crippen molar-refractivity contribution < 1.29 is 9.15 Å². The maximum Gasteiger partial charge on any atom is 0.226 e. The summed E-state index contributed by atoms with van der Waals surface area (Å²) in [5.74, 6) is 0.880. The van der Waals surface area contributed by atoms with Crippen molar-refractivity contribution in [3.63, 3.8) is 0 Å². The molecule has 0 unspecified atom stereocenters. The molecule has 0 spiro atoms. The van der Waals surface area contributed by atoms with Gasteiger partial charge in [0.1, 0.15) is 11.2 Å². The highest BCUT2D eigenvalue weighted by atomic mass is 16.5. The monoisotopic (exact) mass is 328 g/mol. The van der Waals surface area contributed by atoms with E-state index in [1.54, 1.807) is 18.7 Å². The van der Waals surface area contributed by atoms with Crippen LogP contribution in [0.25, 0.3) is 22.4 Å². The van der Waals surface area contributed by atoms with Gasteiger partial charge < -0.3 is 19.8 Å². The maximum absolute atomic E-state index is 5.54. The molecule has 1 aliphatic heterocycles. The summed E-state index contributed by atoms with van der Waals surface area (Å²) in [5, 5.41) is 0. The molecule has 1 saturated heterocycles. The fraction of sp³-hybridized carbons (Fsp3) is 0.375. The van der Waals surface area contributed by atoms with E-state index in [2.05, 4.69) is 24.8 Å². The molecule has 0 atom stereocenters. The predicted molar refractivity (Wildman–Crippen MR) is 91.6 cm³/mol. The Labute approximate surface area is 139 Å². The zero-order valence-electron chi connectivity index (χ0n) is 13.8. The smallest absolute Gasteiger partial charge is 0.226 e. The van der Waals surface area contributed by atoms with Gasteiger partial charge in [0, 0.05) is 37.1 Å². The number of furan rings is 1. The van der Waals surface area contributed by atoms with Gasteiger partial charge >= 0.3 is 0 Å². The number of hydrogen-bond donors (Lipinski definition) is 1. The van der Waals surface area contributed by atoms with Crippen LogP contribution in [0, 0.1) is 0 Å². The van der Waals surface area contributed by atoms with Gasteiger partial charge in [-0.15, -0.1) is 0 Å². The summed E-state index contributed by atoms with van der Waals surface area (Å²) in [7, 11) is 0. The molecule has 126 valence electrons. The van der Waals surface area contributed by atoms with Crippen LogP contribution in [0.3, 0.4) is 0 Å². The zero-order valence-corrected chi connectivity index (χ0v) is 13.8. The number of aromatic nitrogens is 4. The first-order valence-corrected chi connectivity index (χ1v) is 7.97. The lowest BCUT2D eigenvalue weighted by Gasteiger charge is -2.26. The average Bonchev–Trinajstić information content (AvgIpc) is 3.13. The largest absolute Gasteiger partial charge is 0.460 e. The summed E-state index contributed by atoms with van der Waals surface area (Å²) >= 11 is 0. The number of rotatable bonds is 2. The standard InChI is InChI=1S/C14H14N6O2.C2H6/c15-13-16-7-9(8-17-13)11-12-10(1-4-22-12)18-14(19-11)20-2-5-21-6-3-20;1-2/h1,4,7-8H,2-3,5-6H2,(H2,15,16,17);1-2H3. The summed E-state index contributed by atoms with van der Waals surface area (Å²) < 4.78 is 10.9. The molecule has 3 aromatic rings. The third-order valence-corrected chi connectivity index (χ3v) is 3.53. The highest BCUT2D eigenvalue weighted by molar-refractivity contribution is 5.88. The molecule has 3 aromatic heterocycles. The Balaban J connectivity index is 0.000000815. The van der Waals surface area contributed by atoms with Gasteiger partial charge in [0.25, 0.3) is 0 Å². The summed E-state index contributed by atoms with van der Waals surface area (Å²) in [6, 6.07) is 1.82. The first-order chi connectivity index (χ1) is 11.8. The van der Waals surface area contributed by atoms with E-state index in [0.29, 0.717) is 30.4 Å². The van der Waals surface area contributed by atoms with Crippen molar-refractivity contribution in [1.82, 2.24) is 19.9 Å². The van der Waals surface area contributed by atoms with Crippen LogP contribution in [0.1, 0.15) is 13.8 Å². The number of fused-ring (bicyclic) bond motifs is 1. The maximum atomic E-state index is 5.54. The van der Waals surface area contributed by atoms with Crippen LogP contribution < -0.4 is 10.6 Å². The number of hydrogen-bond acceptors (Lipinski definition) is 8. The quantitative estimate of drug-likeness (QED) is 0.763. The Kier molecular flexibility index (Phi) is 4.85. The third-order valence-electron chi connectivity index (χ3n) is 3.53.